The fourth-order valence-electron chi connectivity index (χ4n) is 3.34. The summed E-state index contributed by atoms with van der Waals surface area (Å²) in [5.41, 5.74) is 1.87. The Kier molecular flexibility index (Phi) is 7.82. The molecule has 6 nitrogen and oxygen atoms in total. The number of nitrogens with one attached hydrogen (secondary N) is 2. The van der Waals surface area contributed by atoms with Gasteiger partial charge in [-0.1, -0.05) is 29.3 Å². The largest absolute Gasteiger partial charge is 0.482 e. The van der Waals surface area contributed by atoms with Gasteiger partial charge >= 0.3 is 0 Å². The van der Waals surface area contributed by atoms with E-state index in [2.05, 4.69) is 21.6 Å². The second-order valence-electron chi connectivity index (χ2n) is 7.33. The lowest BCUT2D eigenvalue weighted by Gasteiger charge is -2.19. The average Bonchev–Trinajstić information content (AvgIpc) is 3.23. The van der Waals surface area contributed by atoms with Gasteiger partial charge in [-0.05, 0) is 50.1 Å². The van der Waals surface area contributed by atoms with E-state index in [1.54, 1.807) is 25.1 Å². The lowest BCUT2D eigenvalue weighted by atomic mass is 10.2. The Balaban J connectivity index is 1.44. The van der Waals surface area contributed by atoms with Crippen molar-refractivity contribution in [1.82, 2.24) is 5.32 Å². The van der Waals surface area contributed by atoms with Gasteiger partial charge in [-0.25, -0.2) is 0 Å². The Bertz CT molecular complexity index is 901. The van der Waals surface area contributed by atoms with Crippen LogP contribution in [0.5, 0.6) is 5.75 Å². The third kappa shape index (κ3) is 6.54. The molecule has 8 heteroatoms. The number of nitrogens with zero attached hydrogens (tertiary/aromatic N) is 1. The van der Waals surface area contributed by atoms with E-state index in [0.29, 0.717) is 15.8 Å². The summed E-state index contributed by atoms with van der Waals surface area (Å²) in [5.74, 6) is -0.176. The van der Waals surface area contributed by atoms with Gasteiger partial charge in [-0.15, -0.1) is 0 Å². The van der Waals surface area contributed by atoms with Gasteiger partial charge < -0.3 is 20.3 Å². The van der Waals surface area contributed by atoms with Crippen molar-refractivity contribution >= 4 is 46.4 Å². The molecule has 0 aromatic heterocycles. The topological polar surface area (TPSA) is 70.7 Å². The first-order chi connectivity index (χ1) is 14.4. The van der Waals surface area contributed by atoms with Crippen molar-refractivity contribution in [3.63, 3.8) is 0 Å². The van der Waals surface area contributed by atoms with Gasteiger partial charge in [0.05, 0.1) is 5.02 Å². The molecular weight excluding hydrogens is 425 g/mol. The number of hydrogen-bond donors (Lipinski definition) is 2. The van der Waals surface area contributed by atoms with Crippen LogP contribution in [0.25, 0.3) is 0 Å². The van der Waals surface area contributed by atoms with Crippen LogP contribution >= 0.6 is 23.2 Å². The first-order valence-electron chi connectivity index (χ1n) is 9.93. The Morgan fingerprint density at radius 2 is 1.87 bits per heavy atom. The molecule has 1 saturated heterocycles. The summed E-state index contributed by atoms with van der Waals surface area (Å²) in [4.78, 5) is 26.8. The lowest BCUT2D eigenvalue weighted by Crippen LogP contribution is -2.38. The maximum Gasteiger partial charge on any atom is 0.258 e. The third-order valence-electron chi connectivity index (χ3n) is 4.75. The van der Waals surface area contributed by atoms with Crippen molar-refractivity contribution in [3.05, 3.63) is 52.5 Å². The summed E-state index contributed by atoms with van der Waals surface area (Å²) < 4.78 is 5.41. The number of amides is 2. The van der Waals surface area contributed by atoms with Crippen LogP contribution in [0.15, 0.2) is 42.5 Å². The highest BCUT2D eigenvalue weighted by Gasteiger charge is 2.15. The molecule has 0 aliphatic carbocycles. The molecule has 0 radical (unpaired) electrons. The van der Waals surface area contributed by atoms with Crippen molar-refractivity contribution in [1.29, 1.82) is 0 Å². The number of halogens is 2. The van der Waals surface area contributed by atoms with E-state index in [0.717, 1.165) is 24.5 Å². The molecule has 0 spiro atoms. The number of anilines is 2. The summed E-state index contributed by atoms with van der Waals surface area (Å²) in [6.07, 6.45) is 2.54. The summed E-state index contributed by atoms with van der Waals surface area (Å²) in [7, 11) is 0. The van der Waals surface area contributed by atoms with Gasteiger partial charge in [-0.3, -0.25) is 9.59 Å². The van der Waals surface area contributed by atoms with Crippen LogP contribution in [0, 0.1) is 0 Å². The van der Waals surface area contributed by atoms with Crippen LogP contribution in [0.2, 0.25) is 10.0 Å². The minimum Gasteiger partial charge on any atom is -0.482 e. The molecule has 1 aliphatic heterocycles. The lowest BCUT2D eigenvalue weighted by molar-refractivity contribution is -0.124. The molecule has 30 heavy (non-hydrogen) atoms. The van der Waals surface area contributed by atoms with Crippen molar-refractivity contribution in [2.24, 2.45) is 0 Å². The van der Waals surface area contributed by atoms with Crippen LogP contribution in [-0.4, -0.2) is 37.6 Å². The van der Waals surface area contributed by atoms with Crippen LogP contribution in [-0.2, 0) is 9.59 Å². The molecule has 0 bridgehead atoms. The number of hydrogen-bond acceptors (Lipinski definition) is 4. The van der Waals surface area contributed by atoms with E-state index < -0.39 is 0 Å². The first kappa shape index (κ1) is 22.2. The molecule has 0 saturated carbocycles. The van der Waals surface area contributed by atoms with Gasteiger partial charge in [-0.2, -0.15) is 0 Å². The van der Waals surface area contributed by atoms with E-state index >= 15 is 0 Å². The molecular formula is C22H25Cl2N3O3. The van der Waals surface area contributed by atoms with Gasteiger partial charge in [0.25, 0.3) is 5.91 Å². The van der Waals surface area contributed by atoms with Gasteiger partial charge in [0.15, 0.2) is 6.61 Å². The van der Waals surface area contributed by atoms with Crippen LogP contribution in [0.4, 0.5) is 11.4 Å². The number of ether oxygens (including phenoxy) is 1. The maximum atomic E-state index is 12.4. The van der Waals surface area contributed by atoms with E-state index in [-0.39, 0.29) is 30.9 Å². The van der Waals surface area contributed by atoms with E-state index in [4.69, 9.17) is 27.9 Å². The van der Waals surface area contributed by atoms with Crippen molar-refractivity contribution in [3.8, 4) is 5.75 Å². The Morgan fingerprint density at radius 1 is 1.10 bits per heavy atom. The summed E-state index contributed by atoms with van der Waals surface area (Å²) >= 11 is 11.9. The summed E-state index contributed by atoms with van der Waals surface area (Å²) in [6, 6.07) is 12.3. The van der Waals surface area contributed by atoms with E-state index in [9.17, 15) is 9.59 Å². The normalized spacial score (nSPS) is 14.3. The molecule has 1 aliphatic rings. The highest BCUT2D eigenvalue weighted by molar-refractivity contribution is 6.34. The van der Waals surface area contributed by atoms with Crippen molar-refractivity contribution < 1.29 is 14.3 Å². The Labute approximate surface area is 186 Å². The standard InChI is InChI=1S/C22H25Cl2N3O3/c1-15(25-22(29)14-30-20-12-16(23)7-8-19(20)24)11-21(28)26-17-5-4-6-18(13-17)27-9-2-3-10-27/h4-8,12-13,15H,2-3,9-11,14H2,1H3,(H,25,29)(H,26,28). The van der Waals surface area contributed by atoms with Gasteiger partial charge in [0.2, 0.25) is 5.91 Å². The highest BCUT2D eigenvalue weighted by atomic mass is 35.5. The van der Waals surface area contributed by atoms with Crippen LogP contribution in [0.1, 0.15) is 26.2 Å². The number of carbonyl (C=O) groups excluding carboxylic acids is 2. The van der Waals surface area contributed by atoms with Crippen LogP contribution < -0.4 is 20.3 Å². The molecule has 2 N–H and O–H groups in total. The quantitative estimate of drug-likeness (QED) is 0.621. The summed E-state index contributed by atoms with van der Waals surface area (Å²) in [6.45, 7) is 3.64. The Morgan fingerprint density at radius 3 is 2.63 bits per heavy atom. The Hall–Kier alpha value is -2.44. The third-order valence-corrected chi connectivity index (χ3v) is 5.30. The zero-order valence-corrected chi connectivity index (χ0v) is 18.3. The first-order valence-corrected chi connectivity index (χ1v) is 10.7. The molecule has 2 aromatic rings. The predicted octanol–water partition coefficient (Wildman–Crippen LogP) is 4.51. The van der Waals surface area contributed by atoms with Gasteiger partial charge in [0, 0.05) is 48.0 Å². The van der Waals surface area contributed by atoms with Crippen LogP contribution in [0.3, 0.4) is 0 Å². The molecule has 160 valence electrons. The monoisotopic (exact) mass is 449 g/mol. The predicted molar refractivity (Wildman–Crippen MR) is 121 cm³/mol. The minimum atomic E-state index is -0.349. The number of carbonyl (C=O) groups is 2. The smallest absolute Gasteiger partial charge is 0.258 e. The second kappa shape index (κ2) is 10.5. The molecule has 1 fully saturated rings. The summed E-state index contributed by atoms with van der Waals surface area (Å²) in [5, 5.41) is 6.49. The minimum absolute atomic E-state index is 0.150. The van der Waals surface area contributed by atoms with Crippen molar-refractivity contribution in [2.45, 2.75) is 32.2 Å². The SMILES string of the molecule is CC(CC(=O)Nc1cccc(N2CCCC2)c1)NC(=O)COc1cc(Cl)ccc1Cl. The zero-order valence-electron chi connectivity index (χ0n) is 16.8. The number of benzene rings is 2. The molecule has 1 atom stereocenters. The van der Waals surface area contributed by atoms with E-state index in [1.165, 1.54) is 12.8 Å². The molecule has 1 heterocycles. The van der Waals surface area contributed by atoms with Gasteiger partial charge in [0.1, 0.15) is 5.75 Å². The molecule has 1 unspecified atom stereocenters. The van der Waals surface area contributed by atoms with E-state index in [1.807, 2.05) is 18.2 Å². The number of rotatable bonds is 8. The molecule has 2 amide bonds. The zero-order chi connectivity index (χ0) is 21.5. The molecule has 2 aromatic carbocycles. The molecule has 3 rings (SSSR count). The highest BCUT2D eigenvalue weighted by Crippen LogP contribution is 2.27. The maximum absolute atomic E-state index is 12.4. The fraction of sp³-hybridized carbons (Fsp3) is 0.364. The fourth-order valence-corrected chi connectivity index (χ4v) is 3.68. The second-order valence-corrected chi connectivity index (χ2v) is 8.17. The van der Waals surface area contributed by atoms with Crippen molar-refractivity contribution in [2.75, 3.05) is 29.9 Å². The average molecular weight is 450 g/mol.